The van der Waals surface area contributed by atoms with Crippen molar-refractivity contribution < 1.29 is 38.1 Å². The van der Waals surface area contributed by atoms with Crippen molar-refractivity contribution in [1.29, 1.82) is 5.41 Å². The van der Waals surface area contributed by atoms with Gasteiger partial charge < -0.3 is 61.7 Å². The van der Waals surface area contributed by atoms with E-state index in [2.05, 4.69) is 51.1 Å². The Bertz CT molecular complexity index is 2810. The molecule has 6 aromatic rings. The van der Waals surface area contributed by atoms with Crippen molar-refractivity contribution in [3.8, 4) is 23.0 Å². The number of rotatable bonds is 16. The Morgan fingerprint density at radius 2 is 1.19 bits per heavy atom. The van der Waals surface area contributed by atoms with Crippen molar-refractivity contribution in [3.05, 3.63) is 83.8 Å². The molecular formula is C47H63N15O8. The van der Waals surface area contributed by atoms with E-state index in [4.69, 9.17) is 47.3 Å². The highest BCUT2D eigenvalue weighted by atomic mass is 16.5. The minimum atomic E-state index is -0.493. The first-order valence-electron chi connectivity index (χ1n) is 22.4. The molecule has 4 amide bonds. The second-order valence-corrected chi connectivity index (χ2v) is 15.6. The molecule has 0 radical (unpaired) electrons. The first-order chi connectivity index (χ1) is 33.8. The van der Waals surface area contributed by atoms with Gasteiger partial charge in [0.1, 0.15) is 40.1 Å². The molecule has 0 bridgehead atoms. The first kappa shape index (κ1) is 52.8. The maximum atomic E-state index is 12.3. The van der Waals surface area contributed by atoms with Crippen molar-refractivity contribution in [1.82, 2.24) is 41.1 Å². The van der Waals surface area contributed by atoms with Crippen LogP contribution in [-0.2, 0) is 4.79 Å². The highest BCUT2D eigenvalue weighted by molar-refractivity contribution is 6.10. The monoisotopic (exact) mass is 965 g/mol. The van der Waals surface area contributed by atoms with Crippen LogP contribution in [0.15, 0.2) is 76.7 Å². The van der Waals surface area contributed by atoms with Crippen LogP contribution in [0.2, 0.25) is 0 Å². The largest absolute Gasteiger partial charge is 0.496 e. The molecule has 3 aromatic heterocycles. The van der Waals surface area contributed by atoms with E-state index in [0.29, 0.717) is 79.3 Å². The number of H-pyrrole nitrogens is 3. The number of hydrogen-bond donors (Lipinski definition) is 12. The summed E-state index contributed by atoms with van der Waals surface area (Å²) in [5, 5.41) is 20.0. The number of fused-ring (bicyclic) bond motifs is 3. The molecule has 0 saturated carbocycles. The van der Waals surface area contributed by atoms with Crippen molar-refractivity contribution in [2.75, 3.05) is 74.3 Å². The molecule has 0 unspecified atom stereocenters. The van der Waals surface area contributed by atoms with Gasteiger partial charge in [-0.3, -0.25) is 55.8 Å². The van der Waals surface area contributed by atoms with Crippen LogP contribution in [-0.4, -0.2) is 136 Å². The molecule has 0 spiro atoms. The molecule has 0 atom stereocenters. The molecule has 16 N–H and O–H groups in total. The summed E-state index contributed by atoms with van der Waals surface area (Å²) in [7, 11) is 6.21. The number of carbonyl (C=O) groups is 4. The maximum absolute atomic E-state index is 12.3. The van der Waals surface area contributed by atoms with Crippen molar-refractivity contribution >= 4 is 74.2 Å². The van der Waals surface area contributed by atoms with Crippen molar-refractivity contribution in [3.63, 3.8) is 0 Å². The Kier molecular flexibility index (Phi) is 19.9. The zero-order valence-corrected chi connectivity index (χ0v) is 39.8. The van der Waals surface area contributed by atoms with Crippen LogP contribution >= 0.6 is 0 Å². The van der Waals surface area contributed by atoms with Gasteiger partial charge >= 0.3 is 0 Å². The molecule has 7 rings (SSSR count). The fraction of sp³-hybridized carbons (Fsp3) is 0.340. The van der Waals surface area contributed by atoms with E-state index in [1.807, 2.05) is 36.4 Å². The molecule has 23 heteroatoms. The molecule has 3 aromatic carbocycles. The Hall–Kier alpha value is -8.15. The molecule has 0 aliphatic carbocycles. The Labute approximate surface area is 404 Å². The molecule has 1 aliphatic heterocycles. The number of likely N-dealkylation sites (tertiary alicyclic amines) is 1. The zero-order valence-electron chi connectivity index (χ0n) is 39.8. The van der Waals surface area contributed by atoms with Crippen LogP contribution < -0.4 is 63.1 Å². The predicted molar refractivity (Wildman–Crippen MR) is 270 cm³/mol. The first-order valence-corrected chi connectivity index (χ1v) is 22.4. The third-order valence-corrected chi connectivity index (χ3v) is 10.7. The average Bonchev–Trinajstić information content (AvgIpc) is 4.20. The summed E-state index contributed by atoms with van der Waals surface area (Å²) in [6.45, 7) is 4.82. The molecule has 1 saturated heterocycles. The summed E-state index contributed by atoms with van der Waals surface area (Å²) >= 11 is 0. The fourth-order valence-electron chi connectivity index (χ4n) is 7.12. The Morgan fingerprint density at radius 3 is 1.71 bits per heavy atom. The number of amides is 4. The highest BCUT2D eigenvalue weighted by Gasteiger charge is 2.18. The van der Waals surface area contributed by atoms with Gasteiger partial charge in [-0.25, -0.2) is 0 Å². The van der Waals surface area contributed by atoms with E-state index in [1.165, 1.54) is 19.9 Å². The van der Waals surface area contributed by atoms with Crippen LogP contribution in [0, 0.1) is 5.41 Å². The van der Waals surface area contributed by atoms with Gasteiger partial charge in [-0.05, 0) is 94.3 Å². The van der Waals surface area contributed by atoms with Crippen molar-refractivity contribution in [2.24, 2.45) is 32.9 Å². The summed E-state index contributed by atoms with van der Waals surface area (Å²) in [5.41, 5.74) is 25.3. The number of nitrogens with two attached hydrogens (primary N) is 4. The average molecular weight is 966 g/mol. The molecule has 70 heavy (non-hydrogen) atoms. The second kappa shape index (κ2) is 26.4. The van der Waals surface area contributed by atoms with Gasteiger partial charge in [-0.2, -0.15) is 0 Å². The number of aromatic amines is 3. The summed E-state index contributed by atoms with van der Waals surface area (Å²) in [4.78, 5) is 67.3. The number of ether oxygens (including phenoxy) is 4. The summed E-state index contributed by atoms with van der Waals surface area (Å²) in [6.07, 6.45) is 4.13. The Morgan fingerprint density at radius 1 is 0.671 bits per heavy atom. The minimum absolute atomic E-state index is 0.0476. The van der Waals surface area contributed by atoms with Gasteiger partial charge in [0.15, 0.2) is 11.9 Å². The summed E-state index contributed by atoms with van der Waals surface area (Å²) in [6, 6.07) is 19.7. The van der Waals surface area contributed by atoms with Gasteiger partial charge in [0.05, 0.1) is 33.5 Å². The van der Waals surface area contributed by atoms with Crippen LogP contribution in [0.25, 0.3) is 32.7 Å². The Balaban J connectivity index is 0.000000197. The fourth-order valence-corrected chi connectivity index (χ4v) is 7.12. The number of aliphatic imine (C=N–C) groups is 2. The van der Waals surface area contributed by atoms with E-state index >= 15 is 0 Å². The van der Waals surface area contributed by atoms with E-state index in [9.17, 15) is 19.2 Å². The number of nitrogens with one attached hydrogen (secondary N) is 8. The smallest absolute Gasteiger partial charge is 0.274 e. The number of nitrogens with zero attached hydrogens (tertiary/aromatic N) is 3. The lowest BCUT2D eigenvalue weighted by Crippen LogP contribution is -2.43. The van der Waals surface area contributed by atoms with Gasteiger partial charge in [0, 0.05) is 65.9 Å². The number of carbonyl (C=O) groups excluding carboxylic acids is 4. The lowest BCUT2D eigenvalue weighted by Gasteiger charge is -2.14. The number of benzene rings is 3. The van der Waals surface area contributed by atoms with E-state index < -0.39 is 5.91 Å². The number of guanidine groups is 3. The molecule has 4 heterocycles. The second-order valence-electron chi connectivity index (χ2n) is 15.6. The molecule has 1 aliphatic rings. The quantitative estimate of drug-likeness (QED) is 0.0378. The van der Waals surface area contributed by atoms with Gasteiger partial charge in [-0.1, -0.05) is 12.1 Å². The van der Waals surface area contributed by atoms with Crippen molar-refractivity contribution in [2.45, 2.75) is 32.1 Å². The molecule has 374 valence electrons. The number of aromatic nitrogens is 3. The topological polar surface area (TPSA) is 357 Å². The number of hydrogen-bond acceptors (Lipinski definition) is 14. The van der Waals surface area contributed by atoms with E-state index in [0.717, 1.165) is 58.6 Å². The highest BCUT2D eigenvalue weighted by Crippen LogP contribution is 2.32. The van der Waals surface area contributed by atoms with Crippen LogP contribution in [0.1, 0.15) is 63.6 Å². The molecule has 1 fully saturated rings. The van der Waals surface area contributed by atoms with Crippen LogP contribution in [0.4, 0.5) is 0 Å². The SMILES string of the molecule is CN=C(N)NC(=O)c1cc2c(OC)cc(OCCCN)cc2[nH]1.COc1cccc2[nH]c(C(=O)NC(=N)NC(=O)CCN3CCCC3)cc12.COc1cccc2[nH]c(C(=O)NC(N)=NCCCN)cc12. The zero-order chi connectivity index (χ0) is 50.6. The minimum Gasteiger partial charge on any atom is -0.496 e. The third-order valence-electron chi connectivity index (χ3n) is 10.7. The molecular weight excluding hydrogens is 903 g/mol. The predicted octanol–water partition coefficient (Wildman–Crippen LogP) is 2.59. The lowest BCUT2D eigenvalue weighted by molar-refractivity contribution is -0.120. The summed E-state index contributed by atoms with van der Waals surface area (Å²) < 4.78 is 21.5. The van der Waals surface area contributed by atoms with Crippen LogP contribution in [0.5, 0.6) is 23.0 Å². The van der Waals surface area contributed by atoms with E-state index in [-0.39, 0.29) is 35.6 Å². The van der Waals surface area contributed by atoms with Gasteiger partial charge in [0.2, 0.25) is 11.9 Å². The molecule has 23 nitrogen and oxygen atoms in total. The summed E-state index contributed by atoms with van der Waals surface area (Å²) in [5.74, 6) is 0.921. The van der Waals surface area contributed by atoms with Crippen LogP contribution in [0.3, 0.4) is 0 Å². The maximum Gasteiger partial charge on any atom is 0.274 e. The van der Waals surface area contributed by atoms with E-state index in [1.54, 1.807) is 51.7 Å². The third kappa shape index (κ3) is 14.9. The lowest BCUT2D eigenvalue weighted by atomic mass is 10.2. The van der Waals surface area contributed by atoms with Gasteiger partial charge in [0.25, 0.3) is 17.7 Å². The normalized spacial score (nSPS) is 12.6. The standard InChI is InChI=1S/C18H23N5O3.C15H21N5O3.C14H19N5O2/c1-26-15-6-4-5-13-12(15)11-14(20-13)17(25)22-18(19)21-16(24)7-10-23-8-2-3-9-23;1-18-15(17)20-14(21)12-8-10-11(19-12)6-9(7-13(10)22-2)23-5-3-4-16;1-21-12-5-2-4-10-9(12)8-11(18-10)13(20)19-14(16)17-7-3-6-15/h4-6,11,20H,2-3,7-10H2,1H3,(H3,19,21,22,24,25);6-8,19H,3-5,16H2,1-2H3,(H3,17,18,20,21);2,4-5,8,18H,3,6-7,15H2,1H3,(H3,16,17,19,20). The van der Waals surface area contributed by atoms with Gasteiger partial charge in [-0.15, -0.1) is 0 Å². The number of methoxy groups -OCH3 is 3.